The number of fused-ring (bicyclic) bond motifs is 1. The Morgan fingerprint density at radius 3 is 2.34 bits per heavy atom. The van der Waals surface area contributed by atoms with Gasteiger partial charge in [0.05, 0.1) is 11.5 Å². The van der Waals surface area contributed by atoms with Gasteiger partial charge >= 0.3 is 0 Å². The molecule has 0 aliphatic heterocycles. The third-order valence-electron chi connectivity index (χ3n) is 5.28. The van der Waals surface area contributed by atoms with Gasteiger partial charge in [0.15, 0.2) is 0 Å². The zero-order valence-corrected chi connectivity index (χ0v) is 19.0. The molecule has 1 N–H and O–H groups in total. The number of nitriles is 2. The highest BCUT2D eigenvalue weighted by Gasteiger charge is 2.15. The molecule has 0 aliphatic rings. The van der Waals surface area contributed by atoms with Crippen molar-refractivity contribution in [2.45, 2.75) is 25.2 Å². The molecule has 32 heavy (non-hydrogen) atoms. The van der Waals surface area contributed by atoms with Crippen LogP contribution in [0.15, 0.2) is 65.1 Å². The summed E-state index contributed by atoms with van der Waals surface area (Å²) in [5, 5.41) is 23.5. The first-order valence-electron chi connectivity index (χ1n) is 10.0. The van der Waals surface area contributed by atoms with Crippen molar-refractivity contribution in [3.05, 3.63) is 76.9 Å². The Hall–Kier alpha value is -3.65. The normalized spacial score (nSPS) is 10.9. The molecule has 0 heterocycles. The molecule has 0 radical (unpaired) electrons. The summed E-state index contributed by atoms with van der Waals surface area (Å²) in [6.45, 7) is 3.68. The fourth-order valence-electron chi connectivity index (χ4n) is 3.49. The third kappa shape index (κ3) is 4.81. The van der Waals surface area contributed by atoms with Crippen LogP contribution >= 0.6 is 0 Å². The molecule has 0 saturated heterocycles. The standard InChI is InChI=1S/C25H23N3O3S/c1-17-4-8-22(9-5-17)32(29,30)31-13-12-19-6-10-24-20(14-19)7-11-23(25(24)28-3)18(2)21(15-26)16-27/h4-11,14,28H,12-13H2,1-3H3. The summed E-state index contributed by atoms with van der Waals surface area (Å²) in [6.07, 6.45) is 0.434. The van der Waals surface area contributed by atoms with E-state index in [-0.39, 0.29) is 17.1 Å². The largest absolute Gasteiger partial charge is 0.387 e. The van der Waals surface area contributed by atoms with Crippen LogP contribution in [0.4, 0.5) is 5.69 Å². The lowest BCUT2D eigenvalue weighted by Crippen LogP contribution is -2.09. The van der Waals surface area contributed by atoms with Crippen molar-refractivity contribution >= 4 is 32.2 Å². The lowest BCUT2D eigenvalue weighted by Gasteiger charge is -2.14. The zero-order valence-electron chi connectivity index (χ0n) is 18.1. The van der Waals surface area contributed by atoms with Crippen molar-refractivity contribution in [1.29, 1.82) is 10.5 Å². The number of nitrogens with zero attached hydrogens (tertiary/aromatic N) is 2. The lowest BCUT2D eigenvalue weighted by atomic mass is 9.95. The van der Waals surface area contributed by atoms with Crippen molar-refractivity contribution in [1.82, 2.24) is 0 Å². The molecule has 3 rings (SSSR count). The fourth-order valence-corrected chi connectivity index (χ4v) is 4.39. The summed E-state index contributed by atoms with van der Waals surface area (Å²) in [5.41, 5.74) is 4.22. The Labute approximate surface area is 188 Å². The van der Waals surface area contributed by atoms with Gasteiger partial charge in [-0.2, -0.15) is 18.9 Å². The molecular weight excluding hydrogens is 422 g/mol. The first-order valence-corrected chi connectivity index (χ1v) is 11.4. The van der Waals surface area contributed by atoms with E-state index in [0.29, 0.717) is 12.0 Å². The smallest absolute Gasteiger partial charge is 0.296 e. The van der Waals surface area contributed by atoms with Gasteiger partial charge in [0.25, 0.3) is 10.1 Å². The van der Waals surface area contributed by atoms with Crippen LogP contribution in [0.2, 0.25) is 0 Å². The monoisotopic (exact) mass is 445 g/mol. The number of aryl methyl sites for hydroxylation is 1. The molecule has 3 aromatic rings. The van der Waals surface area contributed by atoms with Gasteiger partial charge in [0.2, 0.25) is 0 Å². The summed E-state index contributed by atoms with van der Waals surface area (Å²) in [6, 6.07) is 20.1. The second-order valence-electron chi connectivity index (χ2n) is 7.36. The predicted molar refractivity (Wildman–Crippen MR) is 125 cm³/mol. The van der Waals surface area contributed by atoms with Gasteiger partial charge in [0.1, 0.15) is 17.7 Å². The van der Waals surface area contributed by atoms with Gasteiger partial charge < -0.3 is 5.32 Å². The van der Waals surface area contributed by atoms with E-state index in [0.717, 1.165) is 33.2 Å². The predicted octanol–water partition coefficient (Wildman–Crippen LogP) is 4.96. The minimum atomic E-state index is -3.80. The van der Waals surface area contributed by atoms with Crippen molar-refractivity contribution in [2.24, 2.45) is 0 Å². The van der Waals surface area contributed by atoms with Gasteiger partial charge in [0, 0.05) is 23.7 Å². The van der Waals surface area contributed by atoms with Crippen LogP contribution in [-0.2, 0) is 20.7 Å². The second-order valence-corrected chi connectivity index (χ2v) is 8.97. The van der Waals surface area contributed by atoms with Crippen LogP contribution < -0.4 is 5.32 Å². The van der Waals surface area contributed by atoms with E-state index in [9.17, 15) is 18.9 Å². The molecule has 0 amide bonds. The number of rotatable bonds is 7. The summed E-state index contributed by atoms with van der Waals surface area (Å²) < 4.78 is 29.9. The van der Waals surface area contributed by atoms with Crippen molar-refractivity contribution in [2.75, 3.05) is 19.0 Å². The molecule has 0 atom stereocenters. The maximum absolute atomic E-state index is 12.4. The SMILES string of the molecule is CNc1c(C(C)=C(C#N)C#N)ccc2cc(CCOS(=O)(=O)c3ccc(C)cc3)ccc12. The van der Waals surface area contributed by atoms with Crippen LogP contribution in [0.1, 0.15) is 23.6 Å². The van der Waals surface area contributed by atoms with Crippen LogP contribution in [0.5, 0.6) is 0 Å². The average Bonchev–Trinajstić information content (AvgIpc) is 2.79. The summed E-state index contributed by atoms with van der Waals surface area (Å²) >= 11 is 0. The highest BCUT2D eigenvalue weighted by Crippen LogP contribution is 2.33. The van der Waals surface area contributed by atoms with Crippen LogP contribution in [-0.4, -0.2) is 22.1 Å². The molecular formula is C25H23N3O3S. The number of benzene rings is 3. The Balaban J connectivity index is 1.82. The molecule has 0 unspecified atom stereocenters. The van der Waals surface area contributed by atoms with Crippen molar-refractivity contribution < 1.29 is 12.6 Å². The van der Waals surface area contributed by atoms with E-state index < -0.39 is 10.1 Å². The molecule has 6 nitrogen and oxygen atoms in total. The maximum atomic E-state index is 12.4. The molecule has 0 fully saturated rings. The highest BCUT2D eigenvalue weighted by atomic mass is 32.2. The molecule has 0 aromatic heterocycles. The van der Waals surface area contributed by atoms with E-state index in [2.05, 4.69) is 5.32 Å². The first kappa shape index (κ1) is 23.0. The van der Waals surface area contributed by atoms with Gasteiger partial charge in [-0.1, -0.05) is 48.0 Å². The van der Waals surface area contributed by atoms with E-state index in [1.165, 1.54) is 12.1 Å². The molecule has 0 bridgehead atoms. The number of hydrogen-bond donors (Lipinski definition) is 1. The summed E-state index contributed by atoms with van der Waals surface area (Å²) in [7, 11) is -2.00. The molecule has 0 aliphatic carbocycles. The molecule has 3 aromatic carbocycles. The maximum Gasteiger partial charge on any atom is 0.296 e. The fraction of sp³-hybridized carbons (Fsp3) is 0.200. The number of anilines is 1. The van der Waals surface area contributed by atoms with Crippen LogP contribution in [0.25, 0.3) is 16.3 Å². The molecule has 0 saturated carbocycles. The van der Waals surface area contributed by atoms with E-state index >= 15 is 0 Å². The Bertz CT molecular complexity index is 1360. The minimum Gasteiger partial charge on any atom is -0.387 e. The molecule has 162 valence electrons. The Morgan fingerprint density at radius 2 is 1.72 bits per heavy atom. The number of nitrogens with one attached hydrogen (secondary N) is 1. The van der Waals surface area contributed by atoms with Crippen LogP contribution in [0, 0.1) is 29.6 Å². The Kier molecular flexibility index (Phi) is 6.95. The van der Waals surface area contributed by atoms with Gasteiger partial charge in [-0.05, 0) is 48.9 Å². The van der Waals surface area contributed by atoms with Gasteiger partial charge in [-0.15, -0.1) is 0 Å². The van der Waals surface area contributed by atoms with Gasteiger partial charge in [-0.25, -0.2) is 0 Å². The quantitative estimate of drug-likeness (QED) is 0.407. The molecule has 7 heteroatoms. The average molecular weight is 446 g/mol. The van der Waals surface area contributed by atoms with Crippen LogP contribution in [0.3, 0.4) is 0 Å². The second kappa shape index (κ2) is 9.65. The van der Waals surface area contributed by atoms with Crippen molar-refractivity contribution in [3.63, 3.8) is 0 Å². The lowest BCUT2D eigenvalue weighted by molar-refractivity contribution is 0.322. The Morgan fingerprint density at radius 1 is 1.03 bits per heavy atom. The highest BCUT2D eigenvalue weighted by molar-refractivity contribution is 7.86. The summed E-state index contributed by atoms with van der Waals surface area (Å²) in [5.74, 6) is 0. The zero-order chi connectivity index (χ0) is 23.3. The number of hydrogen-bond acceptors (Lipinski definition) is 6. The minimum absolute atomic E-state index is 0.0359. The van der Waals surface area contributed by atoms with Crippen molar-refractivity contribution in [3.8, 4) is 12.1 Å². The van der Waals surface area contributed by atoms with E-state index in [4.69, 9.17) is 4.18 Å². The van der Waals surface area contributed by atoms with E-state index in [1.54, 1.807) is 26.1 Å². The first-order chi connectivity index (χ1) is 15.3. The van der Waals surface area contributed by atoms with E-state index in [1.807, 2.05) is 49.4 Å². The molecule has 0 spiro atoms. The van der Waals surface area contributed by atoms with Gasteiger partial charge in [-0.3, -0.25) is 4.18 Å². The topological polar surface area (TPSA) is 103 Å². The third-order valence-corrected chi connectivity index (χ3v) is 6.60. The number of allylic oxidation sites excluding steroid dienone is 2. The summed E-state index contributed by atoms with van der Waals surface area (Å²) in [4.78, 5) is 0.144.